The third kappa shape index (κ3) is 3.31. The average molecular weight is 300 g/mol. The molecular formula is C16H20N4S. The van der Waals surface area contributed by atoms with Crippen LogP contribution in [0.4, 0.5) is 0 Å². The lowest BCUT2D eigenvalue weighted by atomic mass is 10.2. The van der Waals surface area contributed by atoms with Gasteiger partial charge in [0.15, 0.2) is 0 Å². The molecule has 0 unspecified atom stereocenters. The Morgan fingerprint density at radius 2 is 2.14 bits per heavy atom. The molecule has 0 aliphatic heterocycles. The molecule has 0 spiro atoms. The molecule has 3 aromatic rings. The van der Waals surface area contributed by atoms with Gasteiger partial charge in [0.2, 0.25) is 0 Å². The summed E-state index contributed by atoms with van der Waals surface area (Å²) in [6.07, 6.45) is 3.28. The minimum absolute atomic E-state index is 0.744. The Labute approximate surface area is 128 Å². The van der Waals surface area contributed by atoms with Crippen LogP contribution in [0, 0.1) is 6.92 Å². The maximum atomic E-state index is 4.66. The molecule has 3 rings (SSSR count). The first kappa shape index (κ1) is 14.2. The van der Waals surface area contributed by atoms with Gasteiger partial charge in [0.05, 0.1) is 22.5 Å². The molecule has 0 saturated heterocycles. The van der Waals surface area contributed by atoms with Gasteiger partial charge >= 0.3 is 0 Å². The molecule has 2 heterocycles. The lowest BCUT2D eigenvalue weighted by Gasteiger charge is -2.00. The van der Waals surface area contributed by atoms with Crippen LogP contribution in [0.5, 0.6) is 0 Å². The van der Waals surface area contributed by atoms with Gasteiger partial charge in [0.1, 0.15) is 5.01 Å². The van der Waals surface area contributed by atoms with Crippen molar-refractivity contribution in [2.45, 2.75) is 33.4 Å². The molecular weight excluding hydrogens is 280 g/mol. The highest BCUT2D eigenvalue weighted by Crippen LogP contribution is 2.22. The molecule has 5 heteroatoms. The van der Waals surface area contributed by atoms with Crippen LogP contribution in [0.3, 0.4) is 0 Å². The van der Waals surface area contributed by atoms with Crippen molar-refractivity contribution in [1.82, 2.24) is 20.1 Å². The SMILES string of the molecule is CCCNCc1cn(Cc2nc3ccccc3s2)nc1C. The Morgan fingerprint density at radius 3 is 2.95 bits per heavy atom. The van der Waals surface area contributed by atoms with E-state index in [2.05, 4.69) is 53.6 Å². The quantitative estimate of drug-likeness (QED) is 0.710. The van der Waals surface area contributed by atoms with Gasteiger partial charge in [-0.15, -0.1) is 11.3 Å². The Balaban J connectivity index is 1.73. The van der Waals surface area contributed by atoms with Crippen LogP contribution in [0.25, 0.3) is 10.2 Å². The fraction of sp³-hybridized carbons (Fsp3) is 0.375. The summed E-state index contributed by atoms with van der Waals surface area (Å²) in [6, 6.07) is 8.26. The first-order valence-corrected chi connectivity index (χ1v) is 8.16. The van der Waals surface area contributed by atoms with Crippen molar-refractivity contribution in [2.75, 3.05) is 6.54 Å². The minimum Gasteiger partial charge on any atom is -0.313 e. The standard InChI is InChI=1S/C16H20N4S/c1-3-8-17-9-13-10-20(19-12(13)2)11-16-18-14-6-4-5-7-15(14)21-16/h4-7,10,17H,3,8-9,11H2,1-2H3. The summed E-state index contributed by atoms with van der Waals surface area (Å²) < 4.78 is 3.23. The average Bonchev–Trinajstić information content (AvgIpc) is 3.02. The third-order valence-electron chi connectivity index (χ3n) is 3.43. The largest absolute Gasteiger partial charge is 0.313 e. The van der Waals surface area contributed by atoms with E-state index in [0.717, 1.165) is 42.3 Å². The molecule has 0 atom stereocenters. The van der Waals surface area contributed by atoms with Crippen molar-refractivity contribution in [3.63, 3.8) is 0 Å². The van der Waals surface area contributed by atoms with Gasteiger partial charge in [-0.05, 0) is 32.0 Å². The Morgan fingerprint density at radius 1 is 1.29 bits per heavy atom. The second-order valence-electron chi connectivity index (χ2n) is 5.19. The van der Waals surface area contributed by atoms with Crippen LogP contribution in [0.2, 0.25) is 0 Å². The van der Waals surface area contributed by atoms with Gasteiger partial charge in [-0.1, -0.05) is 19.1 Å². The Bertz CT molecular complexity index is 696. The normalized spacial score (nSPS) is 11.3. The zero-order valence-electron chi connectivity index (χ0n) is 12.5. The number of aryl methyl sites for hydroxylation is 1. The van der Waals surface area contributed by atoms with Crippen LogP contribution in [-0.4, -0.2) is 21.3 Å². The highest BCUT2D eigenvalue weighted by molar-refractivity contribution is 7.18. The zero-order valence-corrected chi connectivity index (χ0v) is 13.3. The van der Waals surface area contributed by atoms with E-state index in [4.69, 9.17) is 0 Å². The number of nitrogens with one attached hydrogen (secondary N) is 1. The Hall–Kier alpha value is -1.72. The molecule has 0 saturated carbocycles. The first-order chi connectivity index (χ1) is 10.3. The summed E-state index contributed by atoms with van der Waals surface area (Å²) in [6.45, 7) is 6.92. The third-order valence-corrected chi connectivity index (χ3v) is 4.45. The van der Waals surface area contributed by atoms with E-state index < -0.39 is 0 Å². The van der Waals surface area contributed by atoms with E-state index in [1.54, 1.807) is 11.3 Å². The van der Waals surface area contributed by atoms with E-state index in [1.807, 2.05) is 10.7 Å². The second-order valence-corrected chi connectivity index (χ2v) is 6.30. The molecule has 4 nitrogen and oxygen atoms in total. The van der Waals surface area contributed by atoms with Crippen molar-refractivity contribution >= 4 is 21.6 Å². The number of rotatable bonds is 6. The van der Waals surface area contributed by atoms with Crippen molar-refractivity contribution in [3.8, 4) is 0 Å². The Kier molecular flexibility index (Phi) is 4.31. The maximum Gasteiger partial charge on any atom is 0.115 e. The smallest absolute Gasteiger partial charge is 0.115 e. The van der Waals surface area contributed by atoms with E-state index >= 15 is 0 Å². The number of aromatic nitrogens is 3. The molecule has 1 aromatic carbocycles. The van der Waals surface area contributed by atoms with Gasteiger partial charge < -0.3 is 5.32 Å². The molecule has 0 aliphatic rings. The minimum atomic E-state index is 0.744. The van der Waals surface area contributed by atoms with Crippen molar-refractivity contribution in [3.05, 3.63) is 46.7 Å². The molecule has 0 fully saturated rings. The zero-order chi connectivity index (χ0) is 14.7. The van der Waals surface area contributed by atoms with Crippen molar-refractivity contribution < 1.29 is 0 Å². The van der Waals surface area contributed by atoms with Crippen molar-refractivity contribution in [2.24, 2.45) is 0 Å². The number of nitrogens with zero attached hydrogens (tertiary/aromatic N) is 3. The molecule has 0 radical (unpaired) electrons. The van der Waals surface area contributed by atoms with E-state index in [0.29, 0.717) is 0 Å². The lowest BCUT2D eigenvalue weighted by molar-refractivity contribution is 0.668. The van der Waals surface area contributed by atoms with Crippen LogP contribution in [0.1, 0.15) is 29.6 Å². The fourth-order valence-electron chi connectivity index (χ4n) is 2.34. The summed E-state index contributed by atoms with van der Waals surface area (Å²) in [7, 11) is 0. The number of hydrogen-bond donors (Lipinski definition) is 1. The van der Waals surface area contributed by atoms with Crippen LogP contribution in [0.15, 0.2) is 30.5 Å². The van der Waals surface area contributed by atoms with Gasteiger partial charge in [0, 0.05) is 18.3 Å². The molecule has 0 aliphatic carbocycles. The van der Waals surface area contributed by atoms with E-state index in [-0.39, 0.29) is 0 Å². The van der Waals surface area contributed by atoms with E-state index in [1.165, 1.54) is 10.3 Å². The number of benzene rings is 1. The van der Waals surface area contributed by atoms with Gasteiger partial charge in [-0.2, -0.15) is 5.10 Å². The summed E-state index contributed by atoms with van der Waals surface area (Å²) in [5.41, 5.74) is 3.44. The molecule has 1 N–H and O–H groups in total. The van der Waals surface area contributed by atoms with E-state index in [9.17, 15) is 0 Å². The summed E-state index contributed by atoms with van der Waals surface area (Å²) >= 11 is 1.74. The van der Waals surface area contributed by atoms with Gasteiger partial charge in [-0.3, -0.25) is 4.68 Å². The van der Waals surface area contributed by atoms with Crippen LogP contribution >= 0.6 is 11.3 Å². The fourth-order valence-corrected chi connectivity index (χ4v) is 3.30. The topological polar surface area (TPSA) is 42.7 Å². The molecule has 0 amide bonds. The first-order valence-electron chi connectivity index (χ1n) is 7.34. The van der Waals surface area contributed by atoms with Gasteiger partial charge in [-0.25, -0.2) is 4.98 Å². The second kappa shape index (κ2) is 6.37. The number of fused-ring (bicyclic) bond motifs is 1. The molecule has 0 bridgehead atoms. The van der Waals surface area contributed by atoms with Gasteiger partial charge in [0.25, 0.3) is 0 Å². The predicted octanol–water partition coefficient (Wildman–Crippen LogP) is 3.35. The maximum absolute atomic E-state index is 4.66. The molecule has 110 valence electrons. The van der Waals surface area contributed by atoms with Crippen molar-refractivity contribution in [1.29, 1.82) is 0 Å². The highest BCUT2D eigenvalue weighted by atomic mass is 32.1. The van der Waals surface area contributed by atoms with Crippen LogP contribution < -0.4 is 5.32 Å². The number of thiazole rings is 1. The van der Waals surface area contributed by atoms with Crippen LogP contribution in [-0.2, 0) is 13.1 Å². The lowest BCUT2D eigenvalue weighted by Crippen LogP contribution is -2.13. The highest BCUT2D eigenvalue weighted by Gasteiger charge is 2.08. The summed E-state index contributed by atoms with van der Waals surface area (Å²) in [4.78, 5) is 4.66. The predicted molar refractivity (Wildman–Crippen MR) is 87.7 cm³/mol. The molecule has 21 heavy (non-hydrogen) atoms. The summed E-state index contributed by atoms with van der Waals surface area (Å²) in [5.74, 6) is 0. The summed E-state index contributed by atoms with van der Waals surface area (Å²) in [5, 5.41) is 9.13. The molecule has 2 aromatic heterocycles. The monoisotopic (exact) mass is 300 g/mol. The number of para-hydroxylation sites is 1. The number of hydrogen-bond acceptors (Lipinski definition) is 4.